The van der Waals surface area contributed by atoms with E-state index in [0.29, 0.717) is 11.6 Å². The molecule has 4 heterocycles. The number of ether oxygens (including phenoxy) is 1. The van der Waals surface area contributed by atoms with Crippen molar-refractivity contribution in [2.75, 3.05) is 16.8 Å². The largest absolute Gasteiger partial charge is 0.504 e. The van der Waals surface area contributed by atoms with Crippen LogP contribution in [0.2, 0.25) is 0 Å². The number of para-hydroxylation sites is 3. The number of anilines is 3. The number of nitrogens with zero attached hydrogens (tertiary/aromatic N) is 5. The summed E-state index contributed by atoms with van der Waals surface area (Å²) in [7, 11) is 2.03. The van der Waals surface area contributed by atoms with Gasteiger partial charge in [0.1, 0.15) is 11.7 Å². The summed E-state index contributed by atoms with van der Waals surface area (Å²) in [6.07, 6.45) is 3.62. The Balaban J connectivity index is 0.00000264. The number of benzene rings is 3. The average Bonchev–Trinajstić information content (AvgIpc) is 3.44. The number of hydrogen-bond donors (Lipinski definition) is 0. The molecule has 1 aliphatic rings. The van der Waals surface area contributed by atoms with Gasteiger partial charge in [0.2, 0.25) is 0 Å². The molecular weight excluding hydrogens is 653 g/mol. The third-order valence-corrected chi connectivity index (χ3v) is 6.62. The van der Waals surface area contributed by atoms with Gasteiger partial charge >= 0.3 is 0 Å². The molecule has 0 saturated heterocycles. The zero-order chi connectivity index (χ0) is 24.9. The molecule has 0 aliphatic carbocycles. The van der Waals surface area contributed by atoms with Gasteiger partial charge in [0.15, 0.2) is 0 Å². The average molecular weight is 676 g/mol. The van der Waals surface area contributed by atoms with Gasteiger partial charge in [0, 0.05) is 49.9 Å². The van der Waals surface area contributed by atoms with Crippen molar-refractivity contribution >= 4 is 38.9 Å². The first-order valence-corrected chi connectivity index (χ1v) is 12.1. The van der Waals surface area contributed by atoms with Crippen LogP contribution in [0.4, 0.5) is 17.1 Å². The van der Waals surface area contributed by atoms with E-state index in [-0.39, 0.29) is 21.1 Å². The predicted molar refractivity (Wildman–Crippen MR) is 147 cm³/mol. The molecule has 0 bridgehead atoms. The third-order valence-electron chi connectivity index (χ3n) is 6.62. The van der Waals surface area contributed by atoms with Crippen molar-refractivity contribution in [2.45, 2.75) is 6.92 Å². The zero-order valence-corrected chi connectivity index (χ0v) is 23.0. The van der Waals surface area contributed by atoms with E-state index in [1.54, 1.807) is 6.20 Å². The van der Waals surface area contributed by atoms with Gasteiger partial charge < -0.3 is 19.1 Å². The van der Waals surface area contributed by atoms with Crippen molar-refractivity contribution in [2.24, 2.45) is 0 Å². The summed E-state index contributed by atoms with van der Waals surface area (Å²) in [4.78, 5) is 13.3. The predicted octanol–water partition coefficient (Wildman–Crippen LogP) is 6.98. The first kappa shape index (κ1) is 24.2. The van der Waals surface area contributed by atoms with E-state index in [4.69, 9.17) is 4.74 Å². The van der Waals surface area contributed by atoms with Crippen LogP contribution in [0.5, 0.6) is 11.6 Å². The van der Waals surface area contributed by atoms with Crippen LogP contribution in [-0.2, 0) is 21.1 Å². The molecule has 7 heteroatoms. The third kappa shape index (κ3) is 4.02. The van der Waals surface area contributed by atoms with Crippen molar-refractivity contribution < 1.29 is 25.8 Å². The van der Waals surface area contributed by atoms with E-state index in [9.17, 15) is 0 Å². The van der Waals surface area contributed by atoms with E-state index in [0.717, 1.165) is 50.2 Å². The van der Waals surface area contributed by atoms with Gasteiger partial charge in [-0.3, -0.25) is 4.98 Å². The van der Waals surface area contributed by atoms with Crippen molar-refractivity contribution in [3.63, 3.8) is 0 Å². The second kappa shape index (κ2) is 9.62. The topological polar surface area (TPSA) is 46.4 Å². The van der Waals surface area contributed by atoms with Crippen LogP contribution in [0.3, 0.4) is 0 Å². The Bertz CT molecular complexity index is 1780. The second-order valence-corrected chi connectivity index (χ2v) is 9.08. The van der Waals surface area contributed by atoms with Gasteiger partial charge in [-0.2, -0.15) is 30.6 Å². The molecule has 0 spiro atoms. The normalized spacial score (nSPS) is 12.6. The van der Waals surface area contributed by atoms with Gasteiger partial charge in [-0.25, -0.2) is 4.98 Å². The maximum Gasteiger partial charge on any atom is 0.135 e. The summed E-state index contributed by atoms with van der Waals surface area (Å²) >= 11 is 0. The van der Waals surface area contributed by atoms with Crippen LogP contribution < -0.4 is 14.5 Å². The fraction of sp³-hybridized carbons (Fsp3) is 0.0645. The summed E-state index contributed by atoms with van der Waals surface area (Å²) in [5.74, 6) is 1.78. The van der Waals surface area contributed by atoms with Gasteiger partial charge in [0.25, 0.3) is 0 Å². The van der Waals surface area contributed by atoms with E-state index < -0.39 is 0 Å². The Morgan fingerprint density at radius 1 is 0.816 bits per heavy atom. The first-order valence-electron chi connectivity index (χ1n) is 12.1. The Labute approximate surface area is 235 Å². The number of pyridine rings is 2. The minimum absolute atomic E-state index is 0. The molecule has 38 heavy (non-hydrogen) atoms. The quantitative estimate of drug-likeness (QED) is 0.189. The minimum atomic E-state index is 0. The first-order chi connectivity index (χ1) is 18.2. The van der Waals surface area contributed by atoms with Crippen LogP contribution in [0.15, 0.2) is 91.3 Å². The molecule has 0 amide bonds. The van der Waals surface area contributed by atoms with Crippen molar-refractivity contribution in [1.82, 2.24) is 14.5 Å². The van der Waals surface area contributed by atoms with E-state index in [1.165, 1.54) is 0 Å². The minimum Gasteiger partial charge on any atom is -0.504 e. The maximum absolute atomic E-state index is 6.20. The van der Waals surface area contributed by atoms with E-state index >= 15 is 0 Å². The Morgan fingerprint density at radius 2 is 1.63 bits per heavy atom. The summed E-state index contributed by atoms with van der Waals surface area (Å²) in [5, 5.41) is 2.23. The summed E-state index contributed by atoms with van der Waals surface area (Å²) < 4.78 is 8.32. The fourth-order valence-electron chi connectivity index (χ4n) is 4.88. The fourth-order valence-corrected chi connectivity index (χ4v) is 4.88. The monoisotopic (exact) mass is 675 g/mol. The van der Waals surface area contributed by atoms with Crippen molar-refractivity contribution in [3.05, 3.63) is 116 Å². The Hall–Kier alpha value is -4.15. The molecule has 0 N–H and O–H groups in total. The van der Waals surface area contributed by atoms with Crippen LogP contribution in [0.25, 0.3) is 27.6 Å². The standard InChI is InChI=1S/C31H22N5O.Pt/c1-21-11-14-30(33-19-21)36-26-8-4-3-7-24(26)25-13-12-23(18-29(25)36)37-31-17-22(15-16-32-31)35-20-34(2)27-9-5-6-10-28(27)35;/h3-16,19-20H,1-2H3;/q-3;. The van der Waals surface area contributed by atoms with Gasteiger partial charge in [-0.05, 0) is 55.4 Å². The molecule has 190 valence electrons. The number of rotatable bonds is 4. The van der Waals surface area contributed by atoms with Crippen molar-refractivity contribution in [3.8, 4) is 17.4 Å². The molecular formula is C31H22N5OPt-3. The number of hydrogen-bond acceptors (Lipinski definition) is 5. The van der Waals surface area contributed by atoms with Crippen LogP contribution in [0, 0.1) is 25.7 Å². The van der Waals surface area contributed by atoms with Crippen LogP contribution in [0.1, 0.15) is 5.56 Å². The molecule has 1 aliphatic heterocycles. The summed E-state index contributed by atoms with van der Waals surface area (Å²) in [6, 6.07) is 33.4. The van der Waals surface area contributed by atoms with Gasteiger partial charge in [0.05, 0.1) is 0 Å². The molecule has 6 aromatic rings. The van der Waals surface area contributed by atoms with Crippen LogP contribution >= 0.6 is 0 Å². The number of aromatic nitrogens is 3. The molecule has 6 nitrogen and oxygen atoms in total. The molecule has 3 aromatic heterocycles. The van der Waals surface area contributed by atoms with E-state index in [1.807, 2.05) is 63.2 Å². The van der Waals surface area contributed by atoms with E-state index in [2.05, 4.69) is 78.9 Å². The van der Waals surface area contributed by atoms with Crippen molar-refractivity contribution in [1.29, 1.82) is 0 Å². The summed E-state index contributed by atoms with van der Waals surface area (Å²) in [5.41, 5.74) is 6.15. The molecule has 0 radical (unpaired) electrons. The Kier molecular flexibility index (Phi) is 6.13. The molecule has 3 aromatic carbocycles. The number of aryl methyl sites for hydroxylation is 1. The van der Waals surface area contributed by atoms with Gasteiger partial charge in [-0.15, -0.1) is 17.5 Å². The maximum atomic E-state index is 6.20. The smallest absolute Gasteiger partial charge is 0.135 e. The molecule has 0 fully saturated rings. The molecule has 0 saturated carbocycles. The van der Waals surface area contributed by atoms with Crippen LogP contribution in [-0.4, -0.2) is 21.6 Å². The number of fused-ring (bicyclic) bond motifs is 4. The second-order valence-electron chi connectivity index (χ2n) is 9.08. The molecule has 0 atom stereocenters. The summed E-state index contributed by atoms with van der Waals surface area (Å²) in [6.45, 7) is 4.07. The molecule has 0 unspecified atom stereocenters. The Morgan fingerprint density at radius 3 is 2.47 bits per heavy atom. The SMILES string of the molecule is Cc1ccc(-n2c3[c-]c(Oc4[c-]c(N5[CH-]N(C)c6ccccc65)ccn4)ccc3c3ccccc32)nc1.[Pt]. The van der Waals surface area contributed by atoms with Gasteiger partial charge in [-0.1, -0.05) is 41.9 Å². The zero-order valence-electron chi connectivity index (χ0n) is 20.7. The molecule has 7 rings (SSSR count).